The van der Waals surface area contributed by atoms with Crippen molar-refractivity contribution in [2.24, 2.45) is 0 Å². The first-order valence-electron chi connectivity index (χ1n) is 22.8. The van der Waals surface area contributed by atoms with Gasteiger partial charge in [-0.05, 0) is 38.5 Å². The fraction of sp³-hybridized carbons (Fsp3) is 0.909. The molecular formula is C44H80O15. The monoisotopic (exact) mass is 849 g/mol. The molecule has 2 heterocycles. The van der Waals surface area contributed by atoms with E-state index in [-0.39, 0.29) is 26.1 Å². The van der Waals surface area contributed by atoms with Crippen LogP contribution >= 0.6 is 0 Å². The maximum atomic E-state index is 12.9. The molecule has 4 unspecified atom stereocenters. The topological polar surface area (TPSA) is 231 Å². The van der Waals surface area contributed by atoms with Crippen LogP contribution in [0.1, 0.15) is 162 Å². The SMILES string of the molecule is CCCCCCCC/C=C/CCCCCCCC(=O)O[C@H](COC(=O)CCCCCCCCCC)CO[C@@H]1O[C@H](CO[C@@H]2O[C@H](CO)[C@H](O)C(O)C2O)[C@H](O)C(O)C1O. The molecule has 0 aromatic carbocycles. The molecular weight excluding hydrogens is 768 g/mol. The van der Waals surface area contributed by atoms with E-state index in [0.717, 1.165) is 57.8 Å². The van der Waals surface area contributed by atoms with Crippen molar-refractivity contribution in [3.63, 3.8) is 0 Å². The molecule has 59 heavy (non-hydrogen) atoms. The number of esters is 2. The third kappa shape index (κ3) is 22.2. The summed E-state index contributed by atoms with van der Waals surface area (Å²) in [6.07, 6.45) is 11.3. The van der Waals surface area contributed by atoms with E-state index in [1.165, 1.54) is 64.2 Å². The van der Waals surface area contributed by atoms with Crippen molar-refractivity contribution in [1.82, 2.24) is 0 Å². The number of allylic oxidation sites excluding steroid dienone is 2. The second kappa shape index (κ2) is 32.9. The number of unbranched alkanes of at least 4 members (excludes halogenated alkanes) is 18. The van der Waals surface area contributed by atoms with Crippen LogP contribution < -0.4 is 0 Å². The molecule has 2 rings (SSSR count). The number of rotatable bonds is 34. The van der Waals surface area contributed by atoms with Gasteiger partial charge in [-0.3, -0.25) is 9.59 Å². The average Bonchev–Trinajstić information content (AvgIpc) is 3.23. The minimum absolute atomic E-state index is 0.158. The fourth-order valence-electron chi connectivity index (χ4n) is 7.15. The molecule has 0 aliphatic carbocycles. The normalized spacial score (nSPS) is 27.9. The molecule has 2 fully saturated rings. The van der Waals surface area contributed by atoms with E-state index in [9.17, 15) is 45.3 Å². The van der Waals surface area contributed by atoms with Crippen molar-refractivity contribution in [2.45, 2.75) is 229 Å². The van der Waals surface area contributed by atoms with E-state index < -0.39 is 92.7 Å². The number of hydrogen-bond acceptors (Lipinski definition) is 15. The zero-order chi connectivity index (χ0) is 43.3. The summed E-state index contributed by atoms with van der Waals surface area (Å²) in [6, 6.07) is 0. The van der Waals surface area contributed by atoms with Gasteiger partial charge in [0.2, 0.25) is 0 Å². The Labute approximate surface area is 352 Å². The lowest BCUT2D eigenvalue weighted by molar-refractivity contribution is -0.332. The summed E-state index contributed by atoms with van der Waals surface area (Å²) in [5.41, 5.74) is 0. The minimum Gasteiger partial charge on any atom is -0.462 e. The van der Waals surface area contributed by atoms with Crippen LogP contribution in [-0.4, -0.2) is 142 Å². The van der Waals surface area contributed by atoms with E-state index in [1.54, 1.807) is 0 Å². The third-order valence-electron chi connectivity index (χ3n) is 11.0. The van der Waals surface area contributed by atoms with Gasteiger partial charge in [0.05, 0.1) is 19.8 Å². The number of carbonyl (C=O) groups is 2. The van der Waals surface area contributed by atoms with Gasteiger partial charge >= 0.3 is 11.9 Å². The first-order valence-corrected chi connectivity index (χ1v) is 22.8. The molecule has 0 radical (unpaired) electrons. The van der Waals surface area contributed by atoms with Crippen LogP contribution in [-0.2, 0) is 38.0 Å². The van der Waals surface area contributed by atoms with Crippen LogP contribution in [0.5, 0.6) is 0 Å². The van der Waals surface area contributed by atoms with Crippen LogP contribution in [0.2, 0.25) is 0 Å². The second-order valence-electron chi connectivity index (χ2n) is 16.2. The molecule has 346 valence electrons. The molecule has 15 nitrogen and oxygen atoms in total. The van der Waals surface area contributed by atoms with E-state index in [4.69, 9.17) is 28.4 Å². The third-order valence-corrected chi connectivity index (χ3v) is 11.0. The van der Waals surface area contributed by atoms with Crippen LogP contribution in [0.25, 0.3) is 0 Å². The Bertz CT molecular complexity index is 1090. The van der Waals surface area contributed by atoms with Gasteiger partial charge in [-0.1, -0.05) is 122 Å². The quantitative estimate of drug-likeness (QED) is 0.0266. The van der Waals surface area contributed by atoms with Gasteiger partial charge in [0.15, 0.2) is 18.7 Å². The van der Waals surface area contributed by atoms with Crippen molar-refractivity contribution in [3.8, 4) is 0 Å². The predicted molar refractivity (Wildman–Crippen MR) is 220 cm³/mol. The molecule has 7 N–H and O–H groups in total. The van der Waals surface area contributed by atoms with Gasteiger partial charge in [-0.2, -0.15) is 0 Å². The Hall–Kier alpha value is -1.76. The molecule has 0 bridgehead atoms. The highest BCUT2D eigenvalue weighted by Crippen LogP contribution is 2.26. The van der Waals surface area contributed by atoms with Crippen molar-refractivity contribution in [1.29, 1.82) is 0 Å². The maximum Gasteiger partial charge on any atom is 0.306 e. The summed E-state index contributed by atoms with van der Waals surface area (Å²) >= 11 is 0. The minimum atomic E-state index is -1.76. The lowest BCUT2D eigenvalue weighted by Crippen LogP contribution is -2.61. The lowest BCUT2D eigenvalue weighted by atomic mass is 9.98. The van der Waals surface area contributed by atoms with E-state index in [0.29, 0.717) is 12.8 Å². The highest BCUT2D eigenvalue weighted by atomic mass is 16.7. The second-order valence-corrected chi connectivity index (χ2v) is 16.2. The Morgan fingerprint density at radius 2 is 0.966 bits per heavy atom. The molecule has 2 saturated heterocycles. The van der Waals surface area contributed by atoms with Gasteiger partial charge in [0.25, 0.3) is 0 Å². The van der Waals surface area contributed by atoms with E-state index in [2.05, 4.69) is 26.0 Å². The molecule has 0 amide bonds. The van der Waals surface area contributed by atoms with Gasteiger partial charge in [0, 0.05) is 12.8 Å². The predicted octanol–water partition coefficient (Wildman–Crippen LogP) is 4.65. The van der Waals surface area contributed by atoms with Gasteiger partial charge in [-0.15, -0.1) is 0 Å². The summed E-state index contributed by atoms with van der Waals surface area (Å²) in [7, 11) is 0. The zero-order valence-corrected chi connectivity index (χ0v) is 36.0. The highest BCUT2D eigenvalue weighted by molar-refractivity contribution is 5.70. The van der Waals surface area contributed by atoms with Crippen LogP contribution in [0.3, 0.4) is 0 Å². The first kappa shape index (κ1) is 53.4. The average molecular weight is 849 g/mol. The largest absolute Gasteiger partial charge is 0.462 e. The Kier molecular flexibility index (Phi) is 29.8. The number of ether oxygens (including phenoxy) is 6. The van der Waals surface area contributed by atoms with E-state index >= 15 is 0 Å². The lowest BCUT2D eigenvalue weighted by Gasteiger charge is -2.42. The molecule has 2 aliphatic rings. The molecule has 0 aromatic rings. The first-order chi connectivity index (χ1) is 28.5. The molecule has 2 aliphatic heterocycles. The van der Waals surface area contributed by atoms with Gasteiger partial charge < -0.3 is 64.2 Å². The zero-order valence-electron chi connectivity index (χ0n) is 36.0. The summed E-state index contributed by atoms with van der Waals surface area (Å²) in [4.78, 5) is 25.5. The Balaban J connectivity index is 1.85. The summed E-state index contributed by atoms with van der Waals surface area (Å²) in [5.74, 6) is -0.936. The molecule has 11 atom stereocenters. The van der Waals surface area contributed by atoms with E-state index in [1.807, 2.05) is 0 Å². The van der Waals surface area contributed by atoms with Gasteiger partial charge in [0.1, 0.15) is 55.4 Å². The summed E-state index contributed by atoms with van der Waals surface area (Å²) < 4.78 is 33.4. The van der Waals surface area contributed by atoms with Crippen LogP contribution in [0.15, 0.2) is 12.2 Å². The maximum absolute atomic E-state index is 12.9. The van der Waals surface area contributed by atoms with Crippen molar-refractivity contribution in [2.75, 3.05) is 26.4 Å². The number of aliphatic hydroxyl groups excluding tert-OH is 7. The summed E-state index contributed by atoms with van der Waals surface area (Å²) in [6.45, 7) is 2.52. The fourth-order valence-corrected chi connectivity index (χ4v) is 7.15. The van der Waals surface area contributed by atoms with Crippen molar-refractivity contribution in [3.05, 3.63) is 12.2 Å². The molecule has 0 aromatic heterocycles. The van der Waals surface area contributed by atoms with Gasteiger partial charge in [-0.25, -0.2) is 0 Å². The number of aliphatic hydroxyl groups is 7. The number of hydrogen-bond donors (Lipinski definition) is 7. The van der Waals surface area contributed by atoms with Crippen LogP contribution in [0, 0.1) is 0 Å². The Morgan fingerprint density at radius 1 is 0.525 bits per heavy atom. The highest BCUT2D eigenvalue weighted by Gasteiger charge is 2.47. The van der Waals surface area contributed by atoms with Crippen molar-refractivity contribution >= 4 is 11.9 Å². The standard InChI is InChI=1S/C44H80O15/c1-3-5-7-9-11-13-14-15-16-17-18-19-21-23-25-27-36(47)57-32(29-54-35(46)26-24-22-20-12-10-8-6-4-2)30-55-43-42(53)40(51)38(49)34(59-43)31-56-44-41(52)39(50)37(48)33(28-45)58-44/h15-16,32-34,37-45,48-53H,3-14,17-31H2,1-2H3/b16-15+/t32-,33-,34-,37+,38+,39?,40?,41?,42?,43-,44-/m1/s1. The molecule has 0 saturated carbocycles. The van der Waals surface area contributed by atoms with Crippen molar-refractivity contribution < 1.29 is 73.8 Å². The van der Waals surface area contributed by atoms with Crippen LogP contribution in [0.4, 0.5) is 0 Å². The Morgan fingerprint density at radius 3 is 1.49 bits per heavy atom. The molecule has 15 heteroatoms. The summed E-state index contributed by atoms with van der Waals surface area (Å²) in [5, 5.41) is 71.7. The smallest absolute Gasteiger partial charge is 0.306 e. The molecule has 0 spiro atoms. The number of carbonyl (C=O) groups excluding carboxylic acids is 2.